The summed E-state index contributed by atoms with van der Waals surface area (Å²) in [6, 6.07) is 6.12. The van der Waals surface area contributed by atoms with Crippen LogP contribution in [-0.2, 0) is 9.63 Å². The molecule has 5 heteroatoms. The van der Waals surface area contributed by atoms with E-state index in [1.807, 2.05) is 0 Å². The summed E-state index contributed by atoms with van der Waals surface area (Å²) in [6.45, 7) is 0. The average molecular weight is 208 g/mol. The molecule has 1 amide bonds. The molecule has 0 saturated carbocycles. The normalized spacial score (nSPS) is 10.9. The van der Waals surface area contributed by atoms with Gasteiger partial charge in [-0.15, -0.1) is 0 Å². The van der Waals surface area contributed by atoms with Gasteiger partial charge in [0.15, 0.2) is 5.71 Å². The number of benzene rings is 1. The highest BCUT2D eigenvalue weighted by molar-refractivity contribution is 6.45. The van der Waals surface area contributed by atoms with Crippen molar-refractivity contribution in [2.45, 2.75) is 0 Å². The lowest BCUT2D eigenvalue weighted by molar-refractivity contribution is -0.114. The van der Waals surface area contributed by atoms with Crippen molar-refractivity contribution in [1.29, 1.82) is 0 Å². The van der Waals surface area contributed by atoms with Gasteiger partial charge in [0.2, 0.25) is 0 Å². The maximum atomic E-state index is 11.4. The Bertz CT molecular complexity index is 371. The molecular weight excluding hydrogens is 196 g/mol. The lowest BCUT2D eigenvalue weighted by atomic mass is 10.1. The van der Waals surface area contributed by atoms with Gasteiger partial charge in [0, 0.05) is 12.6 Å². The summed E-state index contributed by atoms with van der Waals surface area (Å²) in [7, 11) is 2.87. The van der Waals surface area contributed by atoms with Crippen LogP contribution in [0.3, 0.4) is 0 Å². The van der Waals surface area contributed by atoms with Crippen LogP contribution >= 0.6 is 0 Å². The van der Waals surface area contributed by atoms with E-state index in [1.165, 1.54) is 26.3 Å². The van der Waals surface area contributed by atoms with Crippen LogP contribution in [0, 0.1) is 0 Å². The Morgan fingerprint density at radius 2 is 2.00 bits per heavy atom. The monoisotopic (exact) mass is 208 g/mol. The fourth-order valence-electron chi connectivity index (χ4n) is 1.05. The van der Waals surface area contributed by atoms with Crippen molar-refractivity contribution in [2.75, 3.05) is 14.2 Å². The van der Waals surface area contributed by atoms with Gasteiger partial charge in [0.25, 0.3) is 5.91 Å². The highest BCUT2D eigenvalue weighted by Crippen LogP contribution is 2.10. The van der Waals surface area contributed by atoms with Gasteiger partial charge in [-0.25, -0.2) is 0 Å². The van der Waals surface area contributed by atoms with E-state index in [-0.39, 0.29) is 17.4 Å². The first-order valence-corrected chi connectivity index (χ1v) is 4.31. The highest BCUT2D eigenvalue weighted by atomic mass is 16.6. The number of hydrogen-bond donors (Lipinski definition) is 2. The second-order valence-corrected chi connectivity index (χ2v) is 2.75. The molecule has 0 spiro atoms. The van der Waals surface area contributed by atoms with Crippen molar-refractivity contribution in [3.8, 4) is 5.75 Å². The van der Waals surface area contributed by atoms with Crippen molar-refractivity contribution in [2.24, 2.45) is 5.16 Å². The van der Waals surface area contributed by atoms with Gasteiger partial charge in [-0.2, -0.15) is 0 Å². The first kappa shape index (κ1) is 11.0. The minimum atomic E-state index is -0.345. The molecule has 0 radical (unpaired) electrons. The molecular formula is C10H12N2O3. The van der Waals surface area contributed by atoms with Crippen LogP contribution in [0.4, 0.5) is 0 Å². The molecule has 80 valence electrons. The third-order valence-corrected chi connectivity index (χ3v) is 1.77. The maximum Gasteiger partial charge on any atom is 0.273 e. The zero-order valence-electron chi connectivity index (χ0n) is 8.52. The van der Waals surface area contributed by atoms with Gasteiger partial charge >= 0.3 is 0 Å². The van der Waals surface area contributed by atoms with E-state index >= 15 is 0 Å². The van der Waals surface area contributed by atoms with Crippen molar-refractivity contribution >= 4 is 11.6 Å². The summed E-state index contributed by atoms with van der Waals surface area (Å²) >= 11 is 0. The Kier molecular flexibility index (Phi) is 3.68. The summed E-state index contributed by atoms with van der Waals surface area (Å²) in [4.78, 5) is 16.0. The molecule has 0 bridgehead atoms. The smallest absolute Gasteiger partial charge is 0.273 e. The zero-order chi connectivity index (χ0) is 11.3. The first-order valence-electron chi connectivity index (χ1n) is 4.31. The number of rotatable bonds is 3. The number of nitrogens with zero attached hydrogens (tertiary/aromatic N) is 1. The van der Waals surface area contributed by atoms with Gasteiger partial charge in [-0.3, -0.25) is 4.79 Å². The first-order chi connectivity index (χ1) is 7.19. The Morgan fingerprint density at radius 3 is 2.47 bits per heavy atom. The van der Waals surface area contributed by atoms with Crippen LogP contribution < -0.4 is 5.32 Å². The number of carbonyl (C=O) groups is 1. The Labute approximate surface area is 87.4 Å². The minimum Gasteiger partial charge on any atom is -0.508 e. The molecule has 1 aromatic rings. The number of likely N-dealkylation sites (N-methyl/N-ethyl adjacent to an activating group) is 1. The standard InChI is InChI=1S/C10H12N2O3/c1-11-10(14)9(12-15-2)7-3-5-8(13)6-4-7/h3-6,13H,1-2H3,(H,11,14)/b12-9+. The van der Waals surface area contributed by atoms with Crippen molar-refractivity contribution in [3.63, 3.8) is 0 Å². The van der Waals surface area contributed by atoms with E-state index in [0.717, 1.165) is 0 Å². The van der Waals surface area contributed by atoms with Crippen LogP contribution in [0.5, 0.6) is 5.75 Å². The maximum absolute atomic E-state index is 11.4. The zero-order valence-corrected chi connectivity index (χ0v) is 8.52. The van der Waals surface area contributed by atoms with Crippen molar-refractivity contribution in [1.82, 2.24) is 5.32 Å². The molecule has 0 aliphatic rings. The van der Waals surface area contributed by atoms with Crippen molar-refractivity contribution < 1.29 is 14.7 Å². The van der Waals surface area contributed by atoms with E-state index in [2.05, 4.69) is 15.3 Å². The molecule has 0 aliphatic heterocycles. The summed E-state index contributed by atoms with van der Waals surface area (Å²) in [5.41, 5.74) is 0.744. The Morgan fingerprint density at radius 1 is 1.40 bits per heavy atom. The SMILES string of the molecule is CNC(=O)/C(=N/OC)c1ccc(O)cc1. The van der Waals surface area contributed by atoms with Gasteiger partial charge in [0.1, 0.15) is 12.9 Å². The number of carbonyl (C=O) groups excluding carboxylic acids is 1. The van der Waals surface area contributed by atoms with Crippen LogP contribution in [0.1, 0.15) is 5.56 Å². The molecule has 5 nitrogen and oxygen atoms in total. The second-order valence-electron chi connectivity index (χ2n) is 2.75. The second kappa shape index (κ2) is 4.99. The number of nitrogens with one attached hydrogen (secondary N) is 1. The largest absolute Gasteiger partial charge is 0.508 e. The number of aromatic hydroxyl groups is 1. The molecule has 0 fully saturated rings. The lowest BCUT2D eigenvalue weighted by Crippen LogP contribution is -2.28. The Hall–Kier alpha value is -2.04. The molecule has 0 atom stereocenters. The minimum absolute atomic E-state index is 0.132. The molecule has 15 heavy (non-hydrogen) atoms. The third-order valence-electron chi connectivity index (χ3n) is 1.77. The molecule has 1 aromatic carbocycles. The molecule has 0 heterocycles. The lowest BCUT2D eigenvalue weighted by Gasteiger charge is -2.04. The quantitative estimate of drug-likeness (QED) is 0.561. The van der Waals surface area contributed by atoms with Gasteiger partial charge in [-0.1, -0.05) is 5.16 Å². The summed E-state index contributed by atoms with van der Waals surface area (Å²) in [5, 5.41) is 15.2. The number of phenolic OH excluding ortho intramolecular Hbond substituents is 1. The summed E-state index contributed by atoms with van der Waals surface area (Å²) < 4.78 is 0. The molecule has 0 saturated heterocycles. The average Bonchev–Trinajstić information content (AvgIpc) is 2.26. The van der Waals surface area contributed by atoms with E-state index in [9.17, 15) is 4.79 Å². The topological polar surface area (TPSA) is 70.9 Å². The van der Waals surface area contributed by atoms with E-state index < -0.39 is 0 Å². The van der Waals surface area contributed by atoms with E-state index in [1.54, 1.807) is 12.1 Å². The van der Waals surface area contributed by atoms with Crippen LogP contribution in [0.25, 0.3) is 0 Å². The summed E-state index contributed by atoms with van der Waals surface area (Å²) in [6.07, 6.45) is 0. The number of phenols is 1. The Balaban J connectivity index is 3.05. The fraction of sp³-hybridized carbons (Fsp3) is 0.200. The molecule has 0 aliphatic carbocycles. The third kappa shape index (κ3) is 2.70. The van der Waals surface area contributed by atoms with Crippen LogP contribution in [0.15, 0.2) is 29.4 Å². The van der Waals surface area contributed by atoms with Crippen LogP contribution in [0.2, 0.25) is 0 Å². The number of hydrogen-bond acceptors (Lipinski definition) is 4. The predicted octanol–water partition coefficient (Wildman–Crippen LogP) is 0.489. The molecule has 1 rings (SSSR count). The molecule has 0 aromatic heterocycles. The van der Waals surface area contributed by atoms with E-state index in [0.29, 0.717) is 5.56 Å². The number of oxime groups is 1. The van der Waals surface area contributed by atoms with Gasteiger partial charge < -0.3 is 15.3 Å². The molecule has 0 unspecified atom stereocenters. The highest BCUT2D eigenvalue weighted by Gasteiger charge is 2.12. The number of amides is 1. The van der Waals surface area contributed by atoms with Gasteiger partial charge in [0.05, 0.1) is 0 Å². The van der Waals surface area contributed by atoms with Crippen molar-refractivity contribution in [3.05, 3.63) is 29.8 Å². The van der Waals surface area contributed by atoms with Gasteiger partial charge in [-0.05, 0) is 24.3 Å². The predicted molar refractivity (Wildman–Crippen MR) is 55.7 cm³/mol. The summed E-state index contributed by atoms with van der Waals surface area (Å²) in [5.74, 6) is -0.213. The fourth-order valence-corrected chi connectivity index (χ4v) is 1.05. The van der Waals surface area contributed by atoms with E-state index in [4.69, 9.17) is 5.11 Å². The van der Waals surface area contributed by atoms with Crippen LogP contribution in [-0.4, -0.2) is 30.9 Å². The molecule has 2 N–H and O–H groups in total.